The molecule has 0 aromatic rings. The van der Waals surface area contributed by atoms with E-state index in [4.69, 9.17) is 14.2 Å². The summed E-state index contributed by atoms with van der Waals surface area (Å²) < 4.78 is 124. The molecule has 18 heteroatoms. The van der Waals surface area contributed by atoms with Gasteiger partial charge in [0.1, 0.15) is 6.67 Å². The van der Waals surface area contributed by atoms with Crippen LogP contribution in [0.2, 0.25) is 0 Å². The predicted molar refractivity (Wildman–Crippen MR) is 235 cm³/mol. The third-order valence-electron chi connectivity index (χ3n) is 4.03. The van der Waals surface area contributed by atoms with Gasteiger partial charge >= 0.3 is 6.11 Å². The second kappa shape index (κ2) is 131. The van der Waals surface area contributed by atoms with Crippen molar-refractivity contribution in [2.45, 2.75) is 199 Å². The molecule has 0 spiro atoms. The van der Waals surface area contributed by atoms with Crippen LogP contribution in [-0.4, -0.2) is 97.5 Å². The molecule has 0 radical (unpaired) electrons. The molecule has 0 saturated heterocycles. The molecule has 0 aromatic carbocycles. The smallest absolute Gasteiger partial charge is 0.393 e. The number of halogens is 10. The third-order valence-corrected chi connectivity index (χ3v) is 4.03. The van der Waals surface area contributed by atoms with Gasteiger partial charge in [0.05, 0.1) is 18.8 Å². The van der Waals surface area contributed by atoms with Crippen molar-refractivity contribution >= 4 is 0 Å². The van der Waals surface area contributed by atoms with Gasteiger partial charge in [-0.2, -0.15) is 18.7 Å². The van der Waals surface area contributed by atoms with E-state index in [1.165, 1.54) is 12.8 Å². The largest absolute Gasteiger partial charge is 0.413 e. The molecule has 0 amide bonds. The molecule has 0 saturated carbocycles. The topological polar surface area (TPSA) is 84.8 Å². The van der Waals surface area contributed by atoms with Gasteiger partial charge in [0.2, 0.25) is 13.7 Å². The molecule has 0 bridgehead atoms. The van der Waals surface area contributed by atoms with Gasteiger partial charge in [-0.05, 0) is 59.5 Å². The van der Waals surface area contributed by atoms with E-state index in [9.17, 15) is 49.4 Å². The Morgan fingerprint density at radius 3 is 1.02 bits per heavy atom. The molecule has 2 unspecified atom stereocenters. The van der Waals surface area contributed by atoms with E-state index in [0.717, 1.165) is 51.7 Å². The lowest BCUT2D eigenvalue weighted by Gasteiger charge is -2.13. The van der Waals surface area contributed by atoms with Crippen LogP contribution >= 0.6 is 0 Å². The minimum Gasteiger partial charge on any atom is -0.393 e. The van der Waals surface area contributed by atoms with E-state index in [1.54, 1.807) is 7.11 Å². The van der Waals surface area contributed by atoms with Crippen LogP contribution in [0.5, 0.6) is 0 Å². The van der Waals surface area contributed by atoms with Crippen molar-refractivity contribution in [1.29, 1.82) is 0 Å². The molecular formula is C40H106F10O8. The first-order valence-corrected chi connectivity index (χ1v) is 15.7. The van der Waals surface area contributed by atoms with Crippen LogP contribution in [0.4, 0.5) is 44.3 Å². The molecule has 0 aliphatic carbocycles. The molecule has 0 rings (SSSR count). The summed E-state index contributed by atoms with van der Waals surface area (Å²) in [5.74, 6) is 0. The maximum atomic E-state index is 11.2. The number of aliphatic hydroxyl groups excluding tert-OH is 1. The molecule has 8 nitrogen and oxygen atoms in total. The van der Waals surface area contributed by atoms with E-state index in [2.05, 4.69) is 42.3 Å². The number of ether oxygens (including phenoxy) is 4. The van der Waals surface area contributed by atoms with E-state index in [-0.39, 0.29) is 99.8 Å². The third kappa shape index (κ3) is 220. The van der Waals surface area contributed by atoms with Crippen molar-refractivity contribution in [2.24, 2.45) is 0 Å². The van der Waals surface area contributed by atoms with E-state index >= 15 is 0 Å². The summed E-state index contributed by atoms with van der Waals surface area (Å²) in [5.41, 5.74) is 0. The van der Waals surface area contributed by atoms with Crippen molar-refractivity contribution in [3.63, 3.8) is 0 Å². The Morgan fingerprint density at radius 2 is 0.862 bits per heavy atom. The number of hydrogen-bond acceptors (Lipinski definition) is 8. The van der Waals surface area contributed by atoms with Crippen molar-refractivity contribution in [3.05, 3.63) is 0 Å². The zero-order valence-corrected chi connectivity index (χ0v) is 30.5. The van der Waals surface area contributed by atoms with Crippen molar-refractivity contribution in [2.75, 3.05) is 74.1 Å². The SMILES string of the molecule is C.C.C.C.C.C.C.C.C.C.CCCC.CCCC(O)CC(C)OC.CCCOCC.CCCOCCF.CCCOCF.FCC(F)(F)OF.FCOF.FCOF. The van der Waals surface area contributed by atoms with E-state index in [0.29, 0.717) is 13.2 Å². The fourth-order valence-corrected chi connectivity index (χ4v) is 1.74. The predicted octanol–water partition coefficient (Wildman–Crippen LogP) is 17.0. The van der Waals surface area contributed by atoms with Crippen LogP contribution in [0.1, 0.15) is 181 Å². The summed E-state index contributed by atoms with van der Waals surface area (Å²) >= 11 is 0. The standard InChI is InChI=1S/C8H18O2.C5H11FO.C5H12O.C4H9FO.C4H10.C2H2F4O.2CH2F2O.10CH4/c1-4-5-8(9)6-7(2)10-3;1-2-4-7-5-3-6;1-3-5-6-4-2;1-2-3-6-4-5;1-3-4-2;3-1-2(4,5)7-6;2*2-1-4-3;;;;;;;;;;/h7-9H,4-6H2,1-3H3;2-5H2,1H3;3-5H2,1-2H3;2-4H2,1H3;3-4H2,1-2H3;1H2;2*1H2;10*1H4. The summed E-state index contributed by atoms with van der Waals surface area (Å²) in [4.78, 5) is 6.63. The number of methoxy groups -OCH3 is 1. The average molecular weight is 905 g/mol. The number of alkyl halides is 7. The first kappa shape index (κ1) is 118. The molecule has 1 N–H and O–H groups in total. The van der Waals surface area contributed by atoms with Crippen molar-refractivity contribution in [3.8, 4) is 0 Å². The zero-order valence-electron chi connectivity index (χ0n) is 30.5. The summed E-state index contributed by atoms with van der Waals surface area (Å²) in [6.07, 6.45) is 4.06. The number of hydrogen-bond donors (Lipinski definition) is 1. The zero-order chi connectivity index (χ0) is 39.3. The van der Waals surface area contributed by atoms with Gasteiger partial charge in [0.25, 0.3) is 0 Å². The average Bonchev–Trinajstić information content (AvgIpc) is 3.11. The van der Waals surface area contributed by atoms with Gasteiger partial charge in [-0.3, -0.25) is 0 Å². The van der Waals surface area contributed by atoms with E-state index < -0.39 is 33.4 Å². The van der Waals surface area contributed by atoms with Gasteiger partial charge in [0, 0.05) is 33.5 Å². The second-order valence-electron chi connectivity index (χ2n) is 8.52. The molecular weight excluding hydrogens is 798 g/mol. The summed E-state index contributed by atoms with van der Waals surface area (Å²) in [6.45, 7) is 13.9. The van der Waals surface area contributed by atoms with Crippen LogP contribution in [0.25, 0.3) is 0 Å². The maximum Gasteiger partial charge on any atom is 0.413 e. The van der Waals surface area contributed by atoms with Crippen molar-refractivity contribution < 1.29 is 83.2 Å². The van der Waals surface area contributed by atoms with E-state index in [1.807, 2.05) is 32.6 Å². The highest BCUT2D eigenvalue weighted by Gasteiger charge is 2.31. The highest BCUT2D eigenvalue weighted by atomic mass is 19.4. The van der Waals surface area contributed by atoms with Gasteiger partial charge < -0.3 is 24.1 Å². The Kier molecular flexibility index (Phi) is 265. The Hall–Kier alpha value is -1.02. The van der Waals surface area contributed by atoms with Crippen LogP contribution in [0, 0.1) is 0 Å². The fraction of sp³-hybridized carbons (Fsp3) is 1.00. The Labute approximate surface area is 356 Å². The minimum atomic E-state index is -4.25. The quantitative estimate of drug-likeness (QED) is 0.0955. The van der Waals surface area contributed by atoms with Crippen LogP contribution < -0.4 is 0 Å². The lowest BCUT2D eigenvalue weighted by atomic mass is 10.1. The first-order chi connectivity index (χ1) is 22.8. The van der Waals surface area contributed by atoms with Gasteiger partial charge in [-0.25, -0.2) is 22.0 Å². The highest BCUT2D eigenvalue weighted by Crippen LogP contribution is 2.14. The van der Waals surface area contributed by atoms with Crippen LogP contribution in [-0.2, 0) is 33.8 Å². The van der Waals surface area contributed by atoms with Gasteiger partial charge in [-0.1, -0.05) is 135 Å². The second-order valence-corrected chi connectivity index (χ2v) is 8.52. The molecule has 0 aliphatic heterocycles. The fourth-order valence-electron chi connectivity index (χ4n) is 1.74. The summed E-state index contributed by atoms with van der Waals surface area (Å²) in [6, 6.07) is 0. The highest BCUT2D eigenvalue weighted by molar-refractivity contribution is 4.59. The molecule has 2 atom stereocenters. The minimum absolute atomic E-state index is 0. The number of unbranched alkanes of at least 4 members (excludes halogenated alkanes) is 1. The maximum absolute atomic E-state index is 11.2. The van der Waals surface area contributed by atoms with Crippen LogP contribution in [0.15, 0.2) is 0 Å². The van der Waals surface area contributed by atoms with Crippen molar-refractivity contribution in [1.82, 2.24) is 0 Å². The molecule has 0 heterocycles. The van der Waals surface area contributed by atoms with Crippen LogP contribution in [0.3, 0.4) is 0 Å². The molecule has 58 heavy (non-hydrogen) atoms. The normalized spacial score (nSPS) is 8.90. The molecule has 0 fully saturated rings. The van der Waals surface area contributed by atoms with Gasteiger partial charge in [0.15, 0.2) is 13.5 Å². The molecule has 384 valence electrons. The van der Waals surface area contributed by atoms with Gasteiger partial charge in [-0.15, -0.1) is 4.94 Å². The number of rotatable bonds is 20. The Bertz CT molecular complexity index is 410. The lowest BCUT2D eigenvalue weighted by Crippen LogP contribution is -2.18. The lowest BCUT2D eigenvalue weighted by molar-refractivity contribution is -0.357. The first-order valence-electron chi connectivity index (χ1n) is 15.7. The molecule has 0 aromatic heterocycles. The Morgan fingerprint density at radius 1 is 0.517 bits per heavy atom. The Balaban J connectivity index is -0.0000000195. The monoisotopic (exact) mass is 905 g/mol. The summed E-state index contributed by atoms with van der Waals surface area (Å²) in [5, 5.41) is 9.27. The summed E-state index contributed by atoms with van der Waals surface area (Å²) in [7, 11) is 1.67. The molecule has 0 aliphatic rings. The number of aliphatic hydroxyl groups is 1.